The van der Waals surface area contributed by atoms with Crippen LogP contribution in [0.3, 0.4) is 0 Å². The van der Waals surface area contributed by atoms with Gasteiger partial charge in [0.05, 0.1) is 0 Å². The van der Waals surface area contributed by atoms with Crippen molar-refractivity contribution in [1.29, 1.82) is 0 Å². The van der Waals surface area contributed by atoms with Crippen molar-refractivity contribution in [3.63, 3.8) is 0 Å². The van der Waals surface area contributed by atoms with Gasteiger partial charge in [-0.2, -0.15) is 4.80 Å². The molecule has 0 bridgehead atoms. The van der Waals surface area contributed by atoms with Gasteiger partial charge in [-0.05, 0) is 47.9 Å². The molecular formula is C19H20FN5O. The monoisotopic (exact) mass is 353 g/mol. The number of hydrogen-bond donors (Lipinski definition) is 1. The van der Waals surface area contributed by atoms with Crippen molar-refractivity contribution in [3.05, 3.63) is 59.9 Å². The summed E-state index contributed by atoms with van der Waals surface area (Å²) in [5.41, 5.74) is 2.49. The minimum Gasteiger partial charge on any atom is -0.324 e. The zero-order chi connectivity index (χ0) is 18.4. The van der Waals surface area contributed by atoms with E-state index in [0.717, 1.165) is 24.9 Å². The Kier molecular flexibility index (Phi) is 5.68. The molecule has 134 valence electrons. The number of amides is 1. The summed E-state index contributed by atoms with van der Waals surface area (Å²) in [5.74, 6) is -0.356. The number of rotatable bonds is 7. The van der Waals surface area contributed by atoms with Crippen LogP contribution >= 0.6 is 0 Å². The first-order chi connectivity index (χ1) is 12.6. The topological polar surface area (TPSA) is 72.7 Å². The average Bonchev–Trinajstić information content (AvgIpc) is 3.09. The van der Waals surface area contributed by atoms with Gasteiger partial charge in [-0.3, -0.25) is 4.79 Å². The number of nitrogens with zero attached hydrogens (tertiary/aromatic N) is 4. The summed E-state index contributed by atoms with van der Waals surface area (Å²) < 4.78 is 13.3. The van der Waals surface area contributed by atoms with E-state index < -0.39 is 0 Å². The van der Waals surface area contributed by atoms with E-state index in [1.807, 2.05) is 24.3 Å². The third-order valence-electron chi connectivity index (χ3n) is 3.88. The highest BCUT2D eigenvalue weighted by atomic mass is 19.1. The van der Waals surface area contributed by atoms with Crippen LogP contribution in [0.1, 0.15) is 25.3 Å². The second kappa shape index (κ2) is 8.33. The molecule has 0 saturated heterocycles. The first-order valence-electron chi connectivity index (χ1n) is 8.56. The average molecular weight is 353 g/mol. The van der Waals surface area contributed by atoms with E-state index in [1.165, 1.54) is 22.5 Å². The fourth-order valence-corrected chi connectivity index (χ4v) is 2.52. The summed E-state index contributed by atoms with van der Waals surface area (Å²) in [6, 6.07) is 13.7. The van der Waals surface area contributed by atoms with Crippen molar-refractivity contribution in [2.75, 3.05) is 5.32 Å². The maximum Gasteiger partial charge on any atom is 0.248 e. The number of aryl methyl sites for hydroxylation is 1. The second-order valence-electron chi connectivity index (χ2n) is 6.00. The number of hydrogen-bond acceptors (Lipinski definition) is 4. The molecule has 0 unspecified atom stereocenters. The molecule has 26 heavy (non-hydrogen) atoms. The van der Waals surface area contributed by atoms with Gasteiger partial charge in [0.1, 0.15) is 12.4 Å². The predicted molar refractivity (Wildman–Crippen MR) is 96.9 cm³/mol. The van der Waals surface area contributed by atoms with Crippen LogP contribution in [0.5, 0.6) is 0 Å². The van der Waals surface area contributed by atoms with E-state index in [9.17, 15) is 9.18 Å². The summed E-state index contributed by atoms with van der Waals surface area (Å²) in [5, 5.41) is 14.6. The molecule has 3 rings (SSSR count). The van der Waals surface area contributed by atoms with Crippen LogP contribution in [-0.4, -0.2) is 26.1 Å². The molecule has 6 nitrogen and oxygen atoms in total. The van der Waals surface area contributed by atoms with Crippen molar-refractivity contribution in [2.45, 2.75) is 32.7 Å². The first-order valence-corrected chi connectivity index (χ1v) is 8.56. The van der Waals surface area contributed by atoms with E-state index in [0.29, 0.717) is 5.56 Å². The second-order valence-corrected chi connectivity index (χ2v) is 6.00. The highest BCUT2D eigenvalue weighted by molar-refractivity contribution is 5.90. The number of anilines is 1. The molecule has 0 atom stereocenters. The molecule has 0 aliphatic rings. The lowest BCUT2D eigenvalue weighted by atomic mass is 10.1. The fourth-order valence-electron chi connectivity index (χ4n) is 2.52. The van der Waals surface area contributed by atoms with Crippen molar-refractivity contribution < 1.29 is 9.18 Å². The number of tetrazole rings is 1. The summed E-state index contributed by atoms with van der Waals surface area (Å²) >= 11 is 0. The van der Waals surface area contributed by atoms with Gasteiger partial charge in [-0.1, -0.05) is 37.6 Å². The molecule has 2 aromatic carbocycles. The van der Waals surface area contributed by atoms with Crippen LogP contribution in [0, 0.1) is 5.82 Å². The molecule has 1 heterocycles. The van der Waals surface area contributed by atoms with E-state index in [2.05, 4.69) is 27.7 Å². The Morgan fingerprint density at radius 3 is 2.73 bits per heavy atom. The number of carbonyl (C=O) groups is 1. The van der Waals surface area contributed by atoms with E-state index >= 15 is 0 Å². The summed E-state index contributed by atoms with van der Waals surface area (Å²) in [7, 11) is 0. The predicted octanol–water partition coefficient (Wildman–Crippen LogP) is 3.46. The minimum absolute atomic E-state index is 0.0695. The van der Waals surface area contributed by atoms with Gasteiger partial charge in [0.25, 0.3) is 0 Å². The minimum atomic E-state index is -0.376. The Balaban J connectivity index is 1.58. The summed E-state index contributed by atoms with van der Waals surface area (Å²) in [4.78, 5) is 13.3. The Morgan fingerprint density at radius 1 is 1.19 bits per heavy atom. The van der Waals surface area contributed by atoms with Crippen LogP contribution in [0.4, 0.5) is 10.1 Å². The number of halogens is 1. The lowest BCUT2D eigenvalue weighted by Crippen LogP contribution is -2.20. The smallest absolute Gasteiger partial charge is 0.248 e. The molecule has 0 fully saturated rings. The van der Waals surface area contributed by atoms with Crippen LogP contribution in [-0.2, 0) is 17.8 Å². The highest BCUT2D eigenvalue weighted by Crippen LogP contribution is 2.15. The van der Waals surface area contributed by atoms with E-state index in [-0.39, 0.29) is 24.1 Å². The van der Waals surface area contributed by atoms with Gasteiger partial charge in [-0.25, -0.2) is 4.39 Å². The van der Waals surface area contributed by atoms with E-state index in [1.54, 1.807) is 12.1 Å². The van der Waals surface area contributed by atoms with Crippen LogP contribution in [0.15, 0.2) is 48.5 Å². The third kappa shape index (κ3) is 4.72. The summed E-state index contributed by atoms with van der Waals surface area (Å²) in [6.07, 6.45) is 3.34. The Morgan fingerprint density at radius 2 is 2.00 bits per heavy atom. The summed E-state index contributed by atoms with van der Waals surface area (Å²) in [6.45, 7) is 2.09. The van der Waals surface area contributed by atoms with Crippen molar-refractivity contribution >= 4 is 11.6 Å². The van der Waals surface area contributed by atoms with Crippen LogP contribution in [0.2, 0.25) is 0 Å². The van der Waals surface area contributed by atoms with Crippen molar-refractivity contribution in [1.82, 2.24) is 20.2 Å². The molecular weight excluding hydrogens is 333 g/mol. The van der Waals surface area contributed by atoms with Gasteiger partial charge in [-0.15, -0.1) is 10.2 Å². The molecule has 7 heteroatoms. The SMILES string of the molecule is CCCCc1ccc(NC(=O)Cn2nnc(-c3cccc(F)c3)n2)cc1. The van der Waals surface area contributed by atoms with Crippen molar-refractivity contribution in [2.24, 2.45) is 0 Å². The molecule has 0 spiro atoms. The Bertz CT molecular complexity index is 876. The molecule has 0 saturated carbocycles. The number of unbranched alkanes of at least 4 members (excludes halogenated alkanes) is 1. The normalized spacial score (nSPS) is 10.7. The molecule has 0 aliphatic heterocycles. The van der Waals surface area contributed by atoms with Gasteiger partial charge >= 0.3 is 0 Å². The van der Waals surface area contributed by atoms with E-state index in [4.69, 9.17) is 0 Å². The largest absolute Gasteiger partial charge is 0.324 e. The van der Waals surface area contributed by atoms with Crippen molar-refractivity contribution in [3.8, 4) is 11.4 Å². The zero-order valence-electron chi connectivity index (χ0n) is 14.5. The maximum absolute atomic E-state index is 13.3. The zero-order valence-corrected chi connectivity index (χ0v) is 14.5. The molecule has 0 aliphatic carbocycles. The van der Waals surface area contributed by atoms with Gasteiger partial charge in [0.15, 0.2) is 0 Å². The van der Waals surface area contributed by atoms with Gasteiger partial charge < -0.3 is 5.32 Å². The quantitative estimate of drug-likeness (QED) is 0.706. The lowest BCUT2D eigenvalue weighted by molar-refractivity contribution is -0.117. The highest BCUT2D eigenvalue weighted by Gasteiger charge is 2.10. The number of nitrogens with one attached hydrogen (secondary N) is 1. The standard InChI is InChI=1S/C19H20FN5O/c1-2-3-5-14-8-10-17(11-9-14)21-18(26)13-25-23-19(22-24-25)15-6-4-7-16(20)12-15/h4,6-12H,2-3,5,13H2,1H3,(H,21,26). The number of benzene rings is 2. The number of carbonyl (C=O) groups excluding carboxylic acids is 1. The maximum atomic E-state index is 13.3. The molecule has 3 aromatic rings. The third-order valence-corrected chi connectivity index (χ3v) is 3.88. The fraction of sp³-hybridized carbons (Fsp3) is 0.263. The number of aromatic nitrogens is 4. The van der Waals surface area contributed by atoms with Gasteiger partial charge in [0, 0.05) is 11.3 Å². The molecule has 1 aromatic heterocycles. The van der Waals surface area contributed by atoms with Crippen LogP contribution < -0.4 is 5.32 Å². The first kappa shape index (κ1) is 17.7. The molecule has 0 radical (unpaired) electrons. The Labute approximate surface area is 151 Å². The molecule has 1 N–H and O–H groups in total. The molecule has 1 amide bonds. The lowest BCUT2D eigenvalue weighted by Gasteiger charge is -2.06. The Hall–Kier alpha value is -3.09. The van der Waals surface area contributed by atoms with Gasteiger partial charge in [0.2, 0.25) is 11.7 Å². The van der Waals surface area contributed by atoms with Crippen LogP contribution in [0.25, 0.3) is 11.4 Å².